The summed E-state index contributed by atoms with van der Waals surface area (Å²) >= 11 is 3.48. The van der Waals surface area contributed by atoms with E-state index in [4.69, 9.17) is 5.73 Å². The Labute approximate surface area is 91.4 Å². The second kappa shape index (κ2) is 4.21. The molecule has 4 heteroatoms. The molecule has 2 rings (SSSR count). The van der Waals surface area contributed by atoms with Crippen LogP contribution in [-0.2, 0) is 6.42 Å². The van der Waals surface area contributed by atoms with Crippen LogP contribution in [0.5, 0.6) is 0 Å². The van der Waals surface area contributed by atoms with E-state index in [9.17, 15) is 0 Å². The Morgan fingerprint density at radius 1 is 1.57 bits per heavy atom. The maximum absolute atomic E-state index is 5.77. The Morgan fingerprint density at radius 2 is 2.43 bits per heavy atom. The van der Waals surface area contributed by atoms with E-state index in [2.05, 4.69) is 22.5 Å². The summed E-state index contributed by atoms with van der Waals surface area (Å²) < 4.78 is 0. The number of hydrogen-bond donors (Lipinski definition) is 1. The van der Waals surface area contributed by atoms with E-state index in [0.29, 0.717) is 0 Å². The first-order chi connectivity index (χ1) is 6.75. The first-order valence-electron chi connectivity index (χ1n) is 4.48. The van der Waals surface area contributed by atoms with Crippen LogP contribution in [0.1, 0.15) is 27.7 Å². The van der Waals surface area contributed by atoms with Gasteiger partial charge in [0.05, 0.1) is 5.01 Å². The van der Waals surface area contributed by atoms with Crippen LogP contribution >= 0.6 is 22.7 Å². The van der Waals surface area contributed by atoms with Crippen molar-refractivity contribution in [3.8, 4) is 0 Å². The summed E-state index contributed by atoms with van der Waals surface area (Å²) in [7, 11) is 0. The minimum absolute atomic E-state index is 0.101. The first-order valence-corrected chi connectivity index (χ1v) is 6.18. The summed E-state index contributed by atoms with van der Waals surface area (Å²) in [4.78, 5) is 6.88. The second-order valence-corrected chi connectivity index (χ2v) is 5.38. The van der Waals surface area contributed by atoms with Gasteiger partial charge in [0.1, 0.15) is 0 Å². The third-order valence-corrected chi connectivity index (χ3v) is 4.00. The van der Waals surface area contributed by atoms with Crippen LogP contribution in [0.3, 0.4) is 0 Å². The molecule has 2 aromatic heterocycles. The zero-order valence-electron chi connectivity index (χ0n) is 7.93. The number of hydrogen-bond acceptors (Lipinski definition) is 4. The van der Waals surface area contributed by atoms with Gasteiger partial charge in [-0.3, -0.25) is 0 Å². The highest BCUT2D eigenvalue weighted by atomic mass is 32.1. The monoisotopic (exact) mass is 224 g/mol. The van der Waals surface area contributed by atoms with Crippen molar-refractivity contribution in [2.45, 2.75) is 19.4 Å². The standard InChI is InChI=1S/C10H12N2S2/c1-7(11)9-6-12-10(14-9)5-8-3-2-4-13-8/h2-4,6-7H,5,11H2,1H3. The summed E-state index contributed by atoms with van der Waals surface area (Å²) in [6.07, 6.45) is 2.83. The molecule has 0 spiro atoms. The lowest BCUT2D eigenvalue weighted by molar-refractivity contribution is 0.835. The van der Waals surface area contributed by atoms with Gasteiger partial charge in [-0.15, -0.1) is 22.7 Å². The molecule has 0 saturated carbocycles. The van der Waals surface area contributed by atoms with Gasteiger partial charge in [-0.25, -0.2) is 4.98 Å². The van der Waals surface area contributed by atoms with Gasteiger partial charge in [0.25, 0.3) is 0 Å². The molecule has 0 saturated heterocycles. The van der Waals surface area contributed by atoms with Crippen molar-refractivity contribution in [3.05, 3.63) is 38.5 Å². The lowest BCUT2D eigenvalue weighted by Crippen LogP contribution is -2.01. The molecule has 2 N–H and O–H groups in total. The molecule has 0 aliphatic rings. The lowest BCUT2D eigenvalue weighted by Gasteiger charge is -1.96. The molecule has 0 aliphatic heterocycles. The van der Waals surface area contributed by atoms with E-state index >= 15 is 0 Å². The van der Waals surface area contributed by atoms with Crippen molar-refractivity contribution in [2.24, 2.45) is 5.73 Å². The van der Waals surface area contributed by atoms with Gasteiger partial charge in [0, 0.05) is 28.4 Å². The highest BCUT2D eigenvalue weighted by Gasteiger charge is 2.06. The predicted octanol–water partition coefficient (Wildman–Crippen LogP) is 2.82. The molecule has 2 heterocycles. The average Bonchev–Trinajstić information content (AvgIpc) is 2.75. The smallest absolute Gasteiger partial charge is 0.0980 e. The number of nitrogens with two attached hydrogens (primary N) is 1. The maximum atomic E-state index is 5.77. The van der Waals surface area contributed by atoms with Gasteiger partial charge in [-0.05, 0) is 18.4 Å². The Kier molecular flexibility index (Phi) is 2.96. The zero-order valence-corrected chi connectivity index (χ0v) is 9.57. The van der Waals surface area contributed by atoms with E-state index in [-0.39, 0.29) is 6.04 Å². The van der Waals surface area contributed by atoms with Crippen LogP contribution in [0, 0.1) is 0 Å². The van der Waals surface area contributed by atoms with Gasteiger partial charge in [0.15, 0.2) is 0 Å². The molecule has 1 atom stereocenters. The van der Waals surface area contributed by atoms with E-state index in [0.717, 1.165) is 16.3 Å². The highest BCUT2D eigenvalue weighted by molar-refractivity contribution is 7.12. The normalized spacial score (nSPS) is 13.0. The molecule has 0 amide bonds. The Morgan fingerprint density at radius 3 is 3.00 bits per heavy atom. The molecule has 0 aliphatic carbocycles. The Hall–Kier alpha value is -0.710. The SMILES string of the molecule is CC(N)c1cnc(Cc2cccs2)s1. The van der Waals surface area contributed by atoms with Crippen molar-refractivity contribution < 1.29 is 0 Å². The molecule has 2 aromatic rings. The predicted molar refractivity (Wildman–Crippen MR) is 61.8 cm³/mol. The minimum Gasteiger partial charge on any atom is -0.323 e. The molecular formula is C10H12N2S2. The number of thiazole rings is 1. The lowest BCUT2D eigenvalue weighted by atomic mass is 10.3. The van der Waals surface area contributed by atoms with Crippen LogP contribution in [0.4, 0.5) is 0 Å². The molecule has 0 radical (unpaired) electrons. The fourth-order valence-electron chi connectivity index (χ4n) is 1.18. The van der Waals surface area contributed by atoms with Crippen LogP contribution in [-0.4, -0.2) is 4.98 Å². The fraction of sp³-hybridized carbons (Fsp3) is 0.300. The third kappa shape index (κ3) is 2.20. The molecule has 2 nitrogen and oxygen atoms in total. The van der Waals surface area contributed by atoms with Gasteiger partial charge in [0.2, 0.25) is 0 Å². The minimum atomic E-state index is 0.101. The van der Waals surface area contributed by atoms with Crippen molar-refractivity contribution in [3.63, 3.8) is 0 Å². The fourth-order valence-corrected chi connectivity index (χ4v) is 2.88. The molecule has 0 bridgehead atoms. The van der Waals surface area contributed by atoms with Crippen LogP contribution in [0.2, 0.25) is 0 Å². The summed E-state index contributed by atoms with van der Waals surface area (Å²) in [6, 6.07) is 4.31. The summed E-state index contributed by atoms with van der Waals surface area (Å²) in [5.41, 5.74) is 5.77. The van der Waals surface area contributed by atoms with Crippen LogP contribution in [0.25, 0.3) is 0 Å². The largest absolute Gasteiger partial charge is 0.323 e. The van der Waals surface area contributed by atoms with E-state index in [1.807, 2.05) is 13.1 Å². The van der Waals surface area contributed by atoms with Crippen molar-refractivity contribution in [2.75, 3.05) is 0 Å². The molecule has 0 aromatic carbocycles. The van der Waals surface area contributed by atoms with Gasteiger partial charge >= 0.3 is 0 Å². The van der Waals surface area contributed by atoms with Crippen LogP contribution < -0.4 is 5.73 Å². The average molecular weight is 224 g/mol. The summed E-state index contributed by atoms with van der Waals surface area (Å²) in [6.45, 7) is 1.99. The molecule has 14 heavy (non-hydrogen) atoms. The zero-order chi connectivity index (χ0) is 9.97. The van der Waals surface area contributed by atoms with Gasteiger partial charge in [-0.2, -0.15) is 0 Å². The van der Waals surface area contributed by atoms with Crippen molar-refractivity contribution in [1.29, 1.82) is 0 Å². The highest BCUT2D eigenvalue weighted by Crippen LogP contribution is 2.22. The second-order valence-electron chi connectivity index (χ2n) is 3.20. The van der Waals surface area contributed by atoms with Crippen LogP contribution in [0.15, 0.2) is 23.7 Å². The van der Waals surface area contributed by atoms with Crippen molar-refractivity contribution >= 4 is 22.7 Å². The quantitative estimate of drug-likeness (QED) is 0.870. The van der Waals surface area contributed by atoms with Gasteiger partial charge < -0.3 is 5.73 Å². The number of thiophene rings is 1. The van der Waals surface area contributed by atoms with Gasteiger partial charge in [-0.1, -0.05) is 6.07 Å². The number of nitrogens with zero attached hydrogens (tertiary/aromatic N) is 1. The molecule has 74 valence electrons. The van der Waals surface area contributed by atoms with Crippen molar-refractivity contribution in [1.82, 2.24) is 4.98 Å². The Balaban J connectivity index is 2.11. The molecule has 0 fully saturated rings. The molecule has 1 unspecified atom stereocenters. The Bertz CT molecular complexity index is 390. The number of rotatable bonds is 3. The van der Waals surface area contributed by atoms with E-state index in [1.165, 1.54) is 4.88 Å². The number of aromatic nitrogens is 1. The molecular weight excluding hydrogens is 212 g/mol. The topological polar surface area (TPSA) is 38.9 Å². The van der Waals surface area contributed by atoms with E-state index in [1.54, 1.807) is 22.7 Å². The van der Waals surface area contributed by atoms with E-state index < -0.39 is 0 Å². The third-order valence-electron chi connectivity index (χ3n) is 1.93. The summed E-state index contributed by atoms with van der Waals surface area (Å²) in [5.74, 6) is 0. The first kappa shape index (κ1) is 9.83. The summed E-state index contributed by atoms with van der Waals surface area (Å²) in [5, 5.41) is 3.25. The maximum Gasteiger partial charge on any atom is 0.0980 e.